The highest BCUT2D eigenvalue weighted by molar-refractivity contribution is 7.10. The first kappa shape index (κ1) is 15.5. The van der Waals surface area contributed by atoms with E-state index in [2.05, 4.69) is 55.0 Å². The van der Waals surface area contributed by atoms with E-state index in [1.807, 2.05) is 11.3 Å². The van der Waals surface area contributed by atoms with Crippen LogP contribution in [0.1, 0.15) is 45.4 Å². The van der Waals surface area contributed by atoms with Gasteiger partial charge in [-0.1, -0.05) is 33.8 Å². The smallest absolute Gasteiger partial charge is 0.0247 e. The molecule has 0 bridgehead atoms. The highest BCUT2D eigenvalue weighted by Gasteiger charge is 2.39. The SMILES string of the molecule is CC(C)C1CN2CCCC2CN1CC(C)(C)c1cccs1. The lowest BCUT2D eigenvalue weighted by Crippen LogP contribution is -2.59. The molecule has 0 amide bonds. The second kappa shape index (κ2) is 6.02. The number of nitrogens with zero attached hydrogens (tertiary/aromatic N) is 2. The Morgan fingerprint density at radius 3 is 2.81 bits per heavy atom. The van der Waals surface area contributed by atoms with Gasteiger partial charge in [0, 0.05) is 42.0 Å². The molecule has 1 aromatic rings. The van der Waals surface area contributed by atoms with Gasteiger partial charge in [0.25, 0.3) is 0 Å². The van der Waals surface area contributed by atoms with Crippen LogP contribution in [0.15, 0.2) is 17.5 Å². The van der Waals surface area contributed by atoms with E-state index >= 15 is 0 Å². The molecule has 2 nitrogen and oxygen atoms in total. The molecule has 2 fully saturated rings. The fourth-order valence-electron chi connectivity index (χ4n) is 4.17. The van der Waals surface area contributed by atoms with Crippen LogP contribution in [0.2, 0.25) is 0 Å². The zero-order valence-corrected chi connectivity index (χ0v) is 14.8. The van der Waals surface area contributed by atoms with E-state index in [1.54, 1.807) is 0 Å². The minimum atomic E-state index is 0.266. The van der Waals surface area contributed by atoms with Gasteiger partial charge in [-0.25, -0.2) is 0 Å². The fraction of sp³-hybridized carbons (Fsp3) is 0.778. The minimum absolute atomic E-state index is 0.266. The van der Waals surface area contributed by atoms with Gasteiger partial charge in [0.2, 0.25) is 0 Å². The molecule has 0 aromatic carbocycles. The minimum Gasteiger partial charge on any atom is -0.298 e. The van der Waals surface area contributed by atoms with Crippen molar-refractivity contribution in [3.8, 4) is 0 Å². The van der Waals surface area contributed by atoms with Gasteiger partial charge >= 0.3 is 0 Å². The zero-order chi connectivity index (χ0) is 15.0. The number of thiophene rings is 1. The van der Waals surface area contributed by atoms with Crippen molar-refractivity contribution in [2.45, 2.75) is 58.0 Å². The molecular weight excluding hydrogens is 276 g/mol. The van der Waals surface area contributed by atoms with Gasteiger partial charge in [-0.3, -0.25) is 9.80 Å². The molecule has 0 spiro atoms. The van der Waals surface area contributed by atoms with E-state index < -0.39 is 0 Å². The van der Waals surface area contributed by atoms with Crippen LogP contribution in [0, 0.1) is 5.92 Å². The third kappa shape index (κ3) is 3.20. The molecule has 2 unspecified atom stereocenters. The molecule has 0 N–H and O–H groups in total. The quantitative estimate of drug-likeness (QED) is 0.834. The van der Waals surface area contributed by atoms with E-state index in [1.165, 1.54) is 43.9 Å². The highest BCUT2D eigenvalue weighted by atomic mass is 32.1. The summed E-state index contributed by atoms with van der Waals surface area (Å²) in [4.78, 5) is 7.08. The first-order valence-corrected chi connectivity index (χ1v) is 9.37. The number of hydrogen-bond acceptors (Lipinski definition) is 3. The Labute approximate surface area is 134 Å². The Balaban J connectivity index is 1.75. The van der Waals surface area contributed by atoms with Crippen LogP contribution in [0.25, 0.3) is 0 Å². The summed E-state index contributed by atoms with van der Waals surface area (Å²) in [5.41, 5.74) is 0.266. The average molecular weight is 307 g/mol. The Hall–Kier alpha value is -0.380. The number of rotatable bonds is 4. The van der Waals surface area contributed by atoms with Gasteiger partial charge in [-0.2, -0.15) is 0 Å². The molecule has 0 saturated carbocycles. The van der Waals surface area contributed by atoms with Gasteiger partial charge in [0.05, 0.1) is 0 Å². The summed E-state index contributed by atoms with van der Waals surface area (Å²) in [5, 5.41) is 2.21. The second-order valence-corrected chi connectivity index (χ2v) is 8.84. The number of hydrogen-bond donors (Lipinski definition) is 0. The Bertz CT molecular complexity index is 452. The Morgan fingerprint density at radius 2 is 2.14 bits per heavy atom. The molecule has 2 atom stereocenters. The van der Waals surface area contributed by atoms with E-state index in [4.69, 9.17) is 0 Å². The molecule has 3 rings (SSSR count). The molecule has 0 radical (unpaired) electrons. The standard InChI is InChI=1S/C18H30N2S/c1-14(2)16-12-19-9-5-7-15(19)11-20(16)13-18(3,4)17-8-6-10-21-17/h6,8,10,14-16H,5,7,9,11-13H2,1-4H3. The Morgan fingerprint density at radius 1 is 1.33 bits per heavy atom. The summed E-state index contributed by atoms with van der Waals surface area (Å²) in [6, 6.07) is 6.04. The largest absolute Gasteiger partial charge is 0.298 e. The predicted molar refractivity (Wildman–Crippen MR) is 92.1 cm³/mol. The van der Waals surface area contributed by atoms with Crippen molar-refractivity contribution in [1.82, 2.24) is 9.80 Å². The van der Waals surface area contributed by atoms with Gasteiger partial charge in [0.1, 0.15) is 0 Å². The lowest BCUT2D eigenvalue weighted by Gasteiger charge is -2.48. The van der Waals surface area contributed by atoms with Gasteiger partial charge < -0.3 is 0 Å². The van der Waals surface area contributed by atoms with Crippen LogP contribution in [0.3, 0.4) is 0 Å². The predicted octanol–water partition coefficient (Wildman–Crippen LogP) is 3.83. The van der Waals surface area contributed by atoms with Crippen molar-refractivity contribution in [3.63, 3.8) is 0 Å². The van der Waals surface area contributed by atoms with Gasteiger partial charge in [-0.05, 0) is 36.8 Å². The van der Waals surface area contributed by atoms with Crippen molar-refractivity contribution in [2.24, 2.45) is 5.92 Å². The summed E-state index contributed by atoms with van der Waals surface area (Å²) in [7, 11) is 0. The van der Waals surface area contributed by atoms with Crippen LogP contribution < -0.4 is 0 Å². The van der Waals surface area contributed by atoms with Crippen molar-refractivity contribution in [2.75, 3.05) is 26.2 Å². The molecule has 118 valence electrons. The number of piperazine rings is 1. The third-order valence-electron chi connectivity index (χ3n) is 5.39. The summed E-state index contributed by atoms with van der Waals surface area (Å²) < 4.78 is 0. The van der Waals surface area contributed by atoms with Crippen LogP contribution in [-0.4, -0.2) is 48.1 Å². The van der Waals surface area contributed by atoms with Crippen LogP contribution in [0.4, 0.5) is 0 Å². The van der Waals surface area contributed by atoms with E-state index in [-0.39, 0.29) is 5.41 Å². The van der Waals surface area contributed by atoms with Crippen molar-refractivity contribution < 1.29 is 0 Å². The van der Waals surface area contributed by atoms with E-state index in [0.717, 1.165) is 18.0 Å². The monoisotopic (exact) mass is 306 g/mol. The first-order chi connectivity index (χ1) is 9.97. The topological polar surface area (TPSA) is 6.48 Å². The molecular formula is C18H30N2S. The summed E-state index contributed by atoms with van der Waals surface area (Å²) >= 11 is 1.91. The second-order valence-electron chi connectivity index (χ2n) is 7.89. The van der Waals surface area contributed by atoms with Crippen LogP contribution in [-0.2, 0) is 5.41 Å². The van der Waals surface area contributed by atoms with Crippen molar-refractivity contribution in [3.05, 3.63) is 22.4 Å². The van der Waals surface area contributed by atoms with Crippen LogP contribution >= 0.6 is 11.3 Å². The molecule has 2 aliphatic heterocycles. The number of fused-ring (bicyclic) bond motifs is 1. The maximum Gasteiger partial charge on any atom is 0.0247 e. The Kier molecular flexibility index (Phi) is 4.45. The lowest BCUT2D eigenvalue weighted by molar-refractivity contribution is 0.0180. The normalized spacial score (nSPS) is 28.2. The van der Waals surface area contributed by atoms with Crippen LogP contribution in [0.5, 0.6) is 0 Å². The molecule has 3 heterocycles. The summed E-state index contributed by atoms with van der Waals surface area (Å²) in [6.45, 7) is 14.7. The summed E-state index contributed by atoms with van der Waals surface area (Å²) in [5.74, 6) is 0.741. The van der Waals surface area contributed by atoms with Gasteiger partial charge in [0.15, 0.2) is 0 Å². The maximum atomic E-state index is 2.80. The molecule has 2 aliphatic rings. The van der Waals surface area contributed by atoms with E-state index in [9.17, 15) is 0 Å². The molecule has 21 heavy (non-hydrogen) atoms. The third-order valence-corrected chi connectivity index (χ3v) is 6.63. The molecule has 3 heteroatoms. The lowest BCUT2D eigenvalue weighted by atomic mass is 9.87. The first-order valence-electron chi connectivity index (χ1n) is 8.49. The molecule has 2 saturated heterocycles. The molecule has 0 aliphatic carbocycles. The van der Waals surface area contributed by atoms with Crippen molar-refractivity contribution >= 4 is 11.3 Å². The average Bonchev–Trinajstić information content (AvgIpc) is 3.08. The highest BCUT2D eigenvalue weighted by Crippen LogP contribution is 2.33. The maximum absolute atomic E-state index is 2.80. The summed E-state index contributed by atoms with van der Waals surface area (Å²) in [6.07, 6.45) is 2.80. The van der Waals surface area contributed by atoms with E-state index in [0.29, 0.717) is 0 Å². The molecule has 1 aromatic heterocycles. The van der Waals surface area contributed by atoms with Crippen molar-refractivity contribution in [1.29, 1.82) is 0 Å². The zero-order valence-electron chi connectivity index (χ0n) is 14.0. The fourth-order valence-corrected chi connectivity index (χ4v) is 5.01. The van der Waals surface area contributed by atoms with Gasteiger partial charge in [-0.15, -0.1) is 11.3 Å².